The van der Waals surface area contributed by atoms with E-state index in [1.807, 2.05) is 0 Å². The van der Waals surface area contributed by atoms with E-state index in [2.05, 4.69) is 22.1 Å². The molecule has 11 nitrogen and oxygen atoms in total. The zero-order valence-electron chi connectivity index (χ0n) is 23.4. The molecular formula is C28H23F5N4O7. The first-order valence-electron chi connectivity index (χ1n) is 12.3. The van der Waals surface area contributed by atoms with Gasteiger partial charge in [-0.25, -0.2) is 23.3 Å². The molecule has 0 aliphatic rings. The van der Waals surface area contributed by atoms with Crippen LogP contribution in [0.15, 0.2) is 42.5 Å². The Hall–Kier alpha value is -5.46. The number of amides is 1. The maximum absolute atomic E-state index is 14.3. The van der Waals surface area contributed by atoms with Crippen molar-refractivity contribution in [3.63, 3.8) is 0 Å². The van der Waals surface area contributed by atoms with Crippen LogP contribution in [0.5, 0.6) is 5.88 Å². The summed E-state index contributed by atoms with van der Waals surface area (Å²) in [6.07, 6.45) is -6.26. The number of anilines is 3. The van der Waals surface area contributed by atoms with Crippen molar-refractivity contribution in [2.45, 2.75) is 32.5 Å². The molecule has 0 aliphatic carbocycles. The van der Waals surface area contributed by atoms with Gasteiger partial charge in [0.1, 0.15) is 17.2 Å². The van der Waals surface area contributed by atoms with Crippen LogP contribution in [0.4, 0.5) is 49.6 Å². The number of pyridine rings is 1. The fourth-order valence-electron chi connectivity index (χ4n) is 3.58. The smallest absolute Gasteiger partial charge is 0.419 e. The fourth-order valence-corrected chi connectivity index (χ4v) is 3.58. The van der Waals surface area contributed by atoms with Gasteiger partial charge in [-0.05, 0) is 51.1 Å². The van der Waals surface area contributed by atoms with Crippen molar-refractivity contribution >= 4 is 34.9 Å². The zero-order valence-corrected chi connectivity index (χ0v) is 23.4. The summed E-state index contributed by atoms with van der Waals surface area (Å²) in [6.45, 7) is 4.02. The lowest BCUT2D eigenvalue weighted by Gasteiger charge is -2.25. The number of alkyl halides is 3. The third-order valence-electron chi connectivity index (χ3n) is 5.46. The van der Waals surface area contributed by atoms with Gasteiger partial charge < -0.3 is 19.9 Å². The Morgan fingerprint density at radius 1 is 1.09 bits per heavy atom. The SMILES string of the molecule is COc1ccc([N+](=O)[O-])c(N(CC#Cc2cc(F)ccc2Nc2cc(F)c(C(F)(F)F)cc2C(=O)O)C(=O)OC(C)(C)C)n1. The van der Waals surface area contributed by atoms with Gasteiger partial charge in [0.05, 0.1) is 46.6 Å². The number of ether oxygens (including phenoxy) is 2. The lowest BCUT2D eigenvalue weighted by atomic mass is 10.1. The number of aromatic carboxylic acids is 1. The van der Waals surface area contributed by atoms with Crippen LogP contribution in [0.3, 0.4) is 0 Å². The second kappa shape index (κ2) is 12.8. The minimum absolute atomic E-state index is 0.0817. The lowest BCUT2D eigenvalue weighted by molar-refractivity contribution is -0.384. The molecule has 1 amide bonds. The van der Waals surface area contributed by atoms with E-state index in [1.54, 1.807) is 20.8 Å². The molecule has 0 bridgehead atoms. The van der Waals surface area contributed by atoms with E-state index in [9.17, 15) is 46.8 Å². The molecule has 16 heteroatoms. The summed E-state index contributed by atoms with van der Waals surface area (Å²) >= 11 is 0. The molecule has 0 saturated heterocycles. The topological polar surface area (TPSA) is 144 Å². The number of nitro groups is 1. The third kappa shape index (κ3) is 8.09. The normalized spacial score (nSPS) is 11.2. The zero-order chi connectivity index (χ0) is 33.0. The highest BCUT2D eigenvalue weighted by atomic mass is 19.4. The van der Waals surface area contributed by atoms with E-state index in [1.165, 1.54) is 13.2 Å². The Balaban J connectivity index is 2.08. The highest BCUT2D eigenvalue weighted by Crippen LogP contribution is 2.36. The largest absolute Gasteiger partial charge is 0.481 e. The van der Waals surface area contributed by atoms with E-state index in [-0.39, 0.29) is 23.2 Å². The van der Waals surface area contributed by atoms with Crippen LogP contribution >= 0.6 is 0 Å². The number of carbonyl (C=O) groups is 2. The maximum atomic E-state index is 14.3. The number of aromatic nitrogens is 1. The molecule has 2 aromatic carbocycles. The predicted octanol–water partition coefficient (Wildman–Crippen LogP) is 6.53. The number of nitrogens with one attached hydrogen (secondary N) is 1. The minimum atomic E-state index is -5.17. The van der Waals surface area contributed by atoms with Crippen molar-refractivity contribution in [1.82, 2.24) is 4.98 Å². The van der Waals surface area contributed by atoms with Crippen LogP contribution in [0.2, 0.25) is 0 Å². The number of carboxylic acid groups (broad SMARTS) is 1. The number of rotatable bonds is 7. The van der Waals surface area contributed by atoms with Gasteiger partial charge in [-0.15, -0.1) is 0 Å². The second-order valence-electron chi connectivity index (χ2n) is 9.82. The molecule has 0 spiro atoms. The number of nitrogens with zero attached hydrogens (tertiary/aromatic N) is 3. The third-order valence-corrected chi connectivity index (χ3v) is 5.46. The number of halogens is 5. The summed E-state index contributed by atoms with van der Waals surface area (Å²) < 4.78 is 78.3. The molecular weight excluding hydrogens is 599 g/mol. The molecule has 0 radical (unpaired) electrons. The maximum Gasteiger partial charge on any atom is 0.419 e. The molecule has 0 saturated carbocycles. The van der Waals surface area contributed by atoms with E-state index >= 15 is 0 Å². The number of benzene rings is 2. The van der Waals surface area contributed by atoms with Crippen molar-refractivity contribution in [3.05, 3.63) is 80.9 Å². The first-order valence-corrected chi connectivity index (χ1v) is 12.3. The molecule has 3 rings (SSSR count). The Kier molecular flexibility index (Phi) is 9.62. The first-order chi connectivity index (χ1) is 20.4. The lowest BCUT2D eigenvalue weighted by Crippen LogP contribution is -2.38. The molecule has 44 heavy (non-hydrogen) atoms. The standard InChI is InChI=1S/C28H23F5N4O7/c1-27(2,3)44-26(40)36(24-22(37(41)42)9-10-23(35-24)43-4)11-5-6-15-12-16(29)7-8-20(15)34-21-14-19(30)18(28(31,32)33)13-17(21)25(38)39/h7-10,12-14,34H,11H2,1-4H3,(H,38,39). The average molecular weight is 623 g/mol. The van der Waals surface area contributed by atoms with Crippen molar-refractivity contribution in [1.29, 1.82) is 0 Å². The van der Waals surface area contributed by atoms with Gasteiger partial charge >= 0.3 is 23.9 Å². The van der Waals surface area contributed by atoms with Gasteiger partial charge in [0.15, 0.2) is 0 Å². The monoisotopic (exact) mass is 622 g/mol. The number of hydrogen-bond donors (Lipinski definition) is 2. The number of carbonyl (C=O) groups excluding carboxylic acids is 1. The van der Waals surface area contributed by atoms with Crippen LogP contribution in [0.25, 0.3) is 0 Å². The second-order valence-corrected chi connectivity index (χ2v) is 9.82. The molecule has 0 atom stereocenters. The number of hydrogen-bond acceptors (Lipinski definition) is 8. The summed E-state index contributed by atoms with van der Waals surface area (Å²) in [7, 11) is 1.24. The van der Waals surface area contributed by atoms with Crippen LogP contribution in [-0.4, -0.2) is 46.3 Å². The van der Waals surface area contributed by atoms with Crippen molar-refractivity contribution in [2.75, 3.05) is 23.9 Å². The molecule has 0 fully saturated rings. The number of carboxylic acids is 1. The Bertz CT molecular complexity index is 1680. The molecule has 2 N–H and O–H groups in total. The van der Waals surface area contributed by atoms with Gasteiger partial charge in [-0.1, -0.05) is 11.8 Å². The van der Waals surface area contributed by atoms with Crippen LogP contribution in [-0.2, 0) is 10.9 Å². The minimum Gasteiger partial charge on any atom is -0.481 e. The highest BCUT2D eigenvalue weighted by molar-refractivity contribution is 5.96. The van der Waals surface area contributed by atoms with Gasteiger partial charge in [0.2, 0.25) is 11.7 Å². The average Bonchev–Trinajstić information content (AvgIpc) is 2.90. The van der Waals surface area contributed by atoms with E-state index < -0.39 is 75.3 Å². The Morgan fingerprint density at radius 3 is 2.34 bits per heavy atom. The molecule has 232 valence electrons. The quantitative estimate of drug-likeness (QED) is 0.130. The van der Waals surface area contributed by atoms with Gasteiger partial charge in [-0.3, -0.25) is 10.1 Å². The van der Waals surface area contributed by atoms with Crippen LogP contribution < -0.4 is 15.0 Å². The van der Waals surface area contributed by atoms with Crippen molar-refractivity contribution < 1.29 is 51.0 Å². The van der Waals surface area contributed by atoms with Crippen LogP contribution in [0, 0.1) is 33.6 Å². The fraction of sp³-hybridized carbons (Fsp3) is 0.250. The molecule has 0 unspecified atom stereocenters. The summed E-state index contributed by atoms with van der Waals surface area (Å²) in [5.41, 5.74) is -5.32. The molecule has 1 heterocycles. The molecule has 1 aromatic heterocycles. The summed E-state index contributed by atoms with van der Waals surface area (Å²) in [6, 6.07) is 5.54. The Labute approximate surface area is 246 Å². The number of methoxy groups -OCH3 is 1. The highest BCUT2D eigenvalue weighted by Gasteiger charge is 2.36. The van der Waals surface area contributed by atoms with Gasteiger partial charge in [-0.2, -0.15) is 18.2 Å². The Morgan fingerprint density at radius 2 is 1.77 bits per heavy atom. The van der Waals surface area contributed by atoms with E-state index in [4.69, 9.17) is 9.47 Å². The van der Waals surface area contributed by atoms with Gasteiger partial charge in [0, 0.05) is 12.1 Å². The van der Waals surface area contributed by atoms with Crippen molar-refractivity contribution in [3.8, 4) is 17.7 Å². The summed E-state index contributed by atoms with van der Waals surface area (Å²) in [5, 5.41) is 23.6. The van der Waals surface area contributed by atoms with Crippen LogP contribution in [0.1, 0.15) is 42.3 Å². The summed E-state index contributed by atoms with van der Waals surface area (Å²) in [5.74, 6) is 0.0745. The van der Waals surface area contributed by atoms with Crippen molar-refractivity contribution in [2.24, 2.45) is 0 Å². The molecule has 3 aromatic rings. The first kappa shape index (κ1) is 33.0. The van der Waals surface area contributed by atoms with E-state index in [0.717, 1.165) is 29.2 Å². The van der Waals surface area contributed by atoms with Gasteiger partial charge in [0.25, 0.3) is 0 Å². The molecule has 0 aliphatic heterocycles. The van der Waals surface area contributed by atoms with E-state index in [0.29, 0.717) is 6.07 Å². The predicted molar refractivity (Wildman–Crippen MR) is 146 cm³/mol. The summed E-state index contributed by atoms with van der Waals surface area (Å²) in [4.78, 5) is 40.3.